The summed E-state index contributed by atoms with van der Waals surface area (Å²) in [6.45, 7) is 2.84. The summed E-state index contributed by atoms with van der Waals surface area (Å²) in [5, 5.41) is 0. The molecule has 0 bridgehead atoms. The smallest absolute Gasteiger partial charge is 0.237 e. The van der Waals surface area contributed by atoms with Crippen LogP contribution < -0.4 is 0 Å². The Morgan fingerprint density at radius 1 is 1.15 bits per heavy atom. The number of hydrogen-bond acceptors (Lipinski definition) is 3. The highest BCUT2D eigenvalue weighted by Crippen LogP contribution is 2.29. The van der Waals surface area contributed by atoms with Crippen LogP contribution in [-0.2, 0) is 16.0 Å². The van der Waals surface area contributed by atoms with Crippen molar-refractivity contribution in [2.24, 2.45) is 0 Å². The van der Waals surface area contributed by atoms with Gasteiger partial charge in [-0.1, -0.05) is 25.0 Å². The number of hydrogen-bond donors (Lipinski definition) is 0. The molecule has 1 amide bonds. The zero-order valence-corrected chi connectivity index (χ0v) is 15.4. The second-order valence-electron chi connectivity index (χ2n) is 7.95. The molecule has 4 rings (SSSR count). The SMILES string of the molecule is O=C(CN1CCC[C@@H]1Cc1cccc(F)c1)N1CCO[C@@H]2CCCC[C@@H]21. The maximum atomic E-state index is 13.5. The maximum Gasteiger partial charge on any atom is 0.237 e. The van der Waals surface area contributed by atoms with E-state index in [-0.39, 0.29) is 23.9 Å². The fourth-order valence-electron chi connectivity index (χ4n) is 4.94. The van der Waals surface area contributed by atoms with Crippen LogP contribution in [0.15, 0.2) is 24.3 Å². The van der Waals surface area contributed by atoms with Gasteiger partial charge in [0, 0.05) is 12.6 Å². The lowest BCUT2D eigenvalue weighted by molar-refractivity contribution is -0.150. The van der Waals surface area contributed by atoms with Gasteiger partial charge in [-0.15, -0.1) is 0 Å². The van der Waals surface area contributed by atoms with Crippen molar-refractivity contribution in [1.29, 1.82) is 0 Å². The van der Waals surface area contributed by atoms with Gasteiger partial charge in [0.05, 0.1) is 25.3 Å². The maximum absolute atomic E-state index is 13.5. The number of nitrogens with zero attached hydrogens (tertiary/aromatic N) is 2. The zero-order valence-electron chi connectivity index (χ0n) is 15.4. The van der Waals surface area contributed by atoms with Crippen LogP contribution in [0.4, 0.5) is 4.39 Å². The first-order chi connectivity index (χ1) is 12.7. The Balaban J connectivity index is 1.38. The molecule has 0 radical (unpaired) electrons. The molecule has 3 fully saturated rings. The highest BCUT2D eigenvalue weighted by atomic mass is 19.1. The summed E-state index contributed by atoms with van der Waals surface area (Å²) in [6, 6.07) is 7.46. The Kier molecular flexibility index (Phi) is 5.55. The molecule has 1 saturated carbocycles. The molecule has 2 aliphatic heterocycles. The Morgan fingerprint density at radius 2 is 2.04 bits per heavy atom. The number of morpholine rings is 1. The summed E-state index contributed by atoms with van der Waals surface area (Å²) in [5.74, 6) is 0.0659. The van der Waals surface area contributed by atoms with E-state index in [0.717, 1.165) is 50.8 Å². The highest BCUT2D eigenvalue weighted by molar-refractivity contribution is 5.79. The normalized spacial score (nSPS) is 29.6. The predicted octanol–water partition coefficient (Wildman–Crippen LogP) is 3.00. The van der Waals surface area contributed by atoms with Crippen molar-refractivity contribution in [3.05, 3.63) is 35.6 Å². The van der Waals surface area contributed by atoms with Crippen LogP contribution >= 0.6 is 0 Å². The van der Waals surface area contributed by atoms with Gasteiger partial charge in [0.2, 0.25) is 5.91 Å². The number of amides is 1. The van der Waals surface area contributed by atoms with Crippen LogP contribution in [0.5, 0.6) is 0 Å². The van der Waals surface area contributed by atoms with Gasteiger partial charge in [0.1, 0.15) is 5.82 Å². The van der Waals surface area contributed by atoms with E-state index in [2.05, 4.69) is 9.80 Å². The Labute approximate surface area is 155 Å². The standard InChI is InChI=1S/C21H29FN2O2/c22-17-6-3-5-16(13-17)14-18-7-4-10-23(18)15-21(25)24-11-12-26-20-9-2-1-8-19(20)24/h3,5-6,13,18-20H,1-2,4,7-12,14-15H2/t18-,19+,20-/m1/s1. The van der Waals surface area contributed by atoms with Crippen molar-refractivity contribution >= 4 is 5.91 Å². The number of benzene rings is 1. The fraction of sp³-hybridized carbons (Fsp3) is 0.667. The average Bonchev–Trinajstić information content (AvgIpc) is 3.08. The van der Waals surface area contributed by atoms with E-state index in [1.807, 2.05) is 6.07 Å². The number of carbonyl (C=O) groups excluding carboxylic acids is 1. The minimum absolute atomic E-state index is 0.181. The van der Waals surface area contributed by atoms with Crippen LogP contribution in [0.25, 0.3) is 0 Å². The number of carbonyl (C=O) groups is 1. The highest BCUT2D eigenvalue weighted by Gasteiger charge is 2.37. The molecule has 1 aromatic rings. The number of halogens is 1. The van der Waals surface area contributed by atoms with Crippen LogP contribution in [0.3, 0.4) is 0 Å². The Bertz CT molecular complexity index is 636. The molecule has 3 aliphatic rings. The molecule has 1 aliphatic carbocycles. The number of rotatable bonds is 4. The first-order valence-corrected chi connectivity index (χ1v) is 10.1. The van der Waals surface area contributed by atoms with Crippen LogP contribution in [-0.4, -0.2) is 60.1 Å². The van der Waals surface area contributed by atoms with E-state index in [4.69, 9.17) is 4.74 Å². The molecule has 142 valence electrons. The molecule has 2 heterocycles. The van der Waals surface area contributed by atoms with E-state index in [1.165, 1.54) is 18.9 Å². The topological polar surface area (TPSA) is 32.8 Å². The molecule has 0 N–H and O–H groups in total. The third-order valence-electron chi connectivity index (χ3n) is 6.25. The van der Waals surface area contributed by atoms with Gasteiger partial charge < -0.3 is 9.64 Å². The van der Waals surface area contributed by atoms with Crippen molar-refractivity contribution in [1.82, 2.24) is 9.80 Å². The van der Waals surface area contributed by atoms with Crippen molar-refractivity contribution in [2.75, 3.05) is 26.2 Å². The van der Waals surface area contributed by atoms with E-state index in [0.29, 0.717) is 19.2 Å². The summed E-state index contributed by atoms with van der Waals surface area (Å²) < 4.78 is 19.4. The summed E-state index contributed by atoms with van der Waals surface area (Å²) in [7, 11) is 0. The van der Waals surface area contributed by atoms with Crippen LogP contribution in [0, 0.1) is 5.82 Å². The van der Waals surface area contributed by atoms with Gasteiger partial charge in [0.15, 0.2) is 0 Å². The van der Waals surface area contributed by atoms with Crippen molar-refractivity contribution in [3.63, 3.8) is 0 Å². The van der Waals surface area contributed by atoms with Gasteiger partial charge in [-0.3, -0.25) is 9.69 Å². The monoisotopic (exact) mass is 360 g/mol. The predicted molar refractivity (Wildman–Crippen MR) is 98.4 cm³/mol. The van der Waals surface area contributed by atoms with Crippen LogP contribution in [0.2, 0.25) is 0 Å². The summed E-state index contributed by atoms with van der Waals surface area (Å²) in [5.41, 5.74) is 1.02. The quantitative estimate of drug-likeness (QED) is 0.828. The van der Waals surface area contributed by atoms with Crippen LogP contribution in [0.1, 0.15) is 44.1 Å². The van der Waals surface area contributed by atoms with Crippen molar-refractivity contribution < 1.29 is 13.9 Å². The Morgan fingerprint density at radius 3 is 2.92 bits per heavy atom. The first-order valence-electron chi connectivity index (χ1n) is 10.1. The number of likely N-dealkylation sites (tertiary alicyclic amines) is 1. The lowest BCUT2D eigenvalue weighted by Crippen LogP contribution is -2.57. The first kappa shape index (κ1) is 17.9. The second-order valence-corrected chi connectivity index (χ2v) is 7.95. The molecule has 26 heavy (non-hydrogen) atoms. The minimum Gasteiger partial charge on any atom is -0.374 e. The lowest BCUT2D eigenvalue weighted by atomic mass is 9.90. The molecule has 2 saturated heterocycles. The molecule has 3 atom stereocenters. The van der Waals surface area contributed by atoms with Crippen molar-refractivity contribution in [2.45, 2.75) is 63.1 Å². The lowest BCUT2D eigenvalue weighted by Gasteiger charge is -2.44. The fourth-order valence-corrected chi connectivity index (χ4v) is 4.94. The van der Waals surface area contributed by atoms with E-state index >= 15 is 0 Å². The summed E-state index contributed by atoms with van der Waals surface area (Å²) in [4.78, 5) is 17.4. The molecule has 5 heteroatoms. The molecule has 1 aromatic carbocycles. The minimum atomic E-state index is -0.181. The van der Waals surface area contributed by atoms with E-state index < -0.39 is 0 Å². The molecule has 0 spiro atoms. The van der Waals surface area contributed by atoms with E-state index in [1.54, 1.807) is 12.1 Å². The van der Waals surface area contributed by atoms with Gasteiger partial charge in [0.25, 0.3) is 0 Å². The number of ether oxygens (including phenoxy) is 1. The van der Waals surface area contributed by atoms with Gasteiger partial charge in [-0.05, 0) is 56.3 Å². The van der Waals surface area contributed by atoms with Gasteiger partial charge in [-0.2, -0.15) is 0 Å². The van der Waals surface area contributed by atoms with Crippen molar-refractivity contribution in [3.8, 4) is 0 Å². The van der Waals surface area contributed by atoms with Gasteiger partial charge in [-0.25, -0.2) is 4.39 Å². The third kappa shape index (κ3) is 3.94. The molecule has 0 unspecified atom stereocenters. The number of fused-ring (bicyclic) bond motifs is 1. The third-order valence-corrected chi connectivity index (χ3v) is 6.25. The average molecular weight is 360 g/mol. The molecule has 0 aromatic heterocycles. The van der Waals surface area contributed by atoms with Gasteiger partial charge >= 0.3 is 0 Å². The molecular formula is C21H29FN2O2. The molecule has 4 nitrogen and oxygen atoms in total. The van der Waals surface area contributed by atoms with E-state index in [9.17, 15) is 9.18 Å². The Hall–Kier alpha value is -1.46. The largest absolute Gasteiger partial charge is 0.374 e. The summed E-state index contributed by atoms with van der Waals surface area (Å²) >= 11 is 0. The second kappa shape index (κ2) is 8.05. The zero-order chi connectivity index (χ0) is 17.9. The summed E-state index contributed by atoms with van der Waals surface area (Å²) in [6.07, 6.45) is 7.82. The molecular weight excluding hydrogens is 331 g/mol.